The lowest BCUT2D eigenvalue weighted by Gasteiger charge is -2.18. The fraction of sp³-hybridized carbons (Fsp3) is 0.538. The minimum absolute atomic E-state index is 0.552. The molecule has 2 aromatic rings. The van der Waals surface area contributed by atoms with Gasteiger partial charge in [-0.2, -0.15) is 5.10 Å². The molecule has 0 spiro atoms. The smallest absolute Gasteiger partial charge is 0.168 e. The van der Waals surface area contributed by atoms with Gasteiger partial charge in [0.05, 0.1) is 9.88 Å². The molecule has 0 aliphatic heterocycles. The third kappa shape index (κ3) is 2.14. The Morgan fingerprint density at radius 3 is 2.72 bits per heavy atom. The maximum atomic E-state index is 5.78. The number of nitrogens with zero attached hydrogens (tertiary/aromatic N) is 3. The summed E-state index contributed by atoms with van der Waals surface area (Å²) in [5.74, 6) is 2.51. The molecule has 1 saturated carbocycles. The van der Waals surface area contributed by atoms with Gasteiger partial charge in [0.1, 0.15) is 0 Å². The van der Waals surface area contributed by atoms with Gasteiger partial charge in [-0.15, -0.1) is 11.3 Å². The molecule has 1 fully saturated rings. The maximum Gasteiger partial charge on any atom is 0.168 e. The molecule has 2 N–H and O–H groups in total. The molecule has 0 aromatic carbocycles. The van der Waals surface area contributed by atoms with Crippen LogP contribution in [0.5, 0.6) is 0 Å². The average Bonchev–Trinajstić information content (AvgIpc) is 2.97. The van der Waals surface area contributed by atoms with E-state index in [0.29, 0.717) is 5.92 Å². The van der Waals surface area contributed by atoms with E-state index >= 15 is 0 Å². The summed E-state index contributed by atoms with van der Waals surface area (Å²) < 4.78 is 1.88. The normalized spacial score (nSPS) is 17.2. The highest BCUT2D eigenvalue weighted by molar-refractivity contribution is 7.19. The summed E-state index contributed by atoms with van der Waals surface area (Å²) in [6.07, 6.45) is 6.44. The summed E-state index contributed by atoms with van der Waals surface area (Å²) >= 11 is 1.57. The topological polar surface area (TPSA) is 56.7 Å². The lowest BCUT2D eigenvalue weighted by Crippen LogP contribution is -2.06. The Hall–Kier alpha value is -1.36. The van der Waals surface area contributed by atoms with E-state index in [0.717, 1.165) is 21.5 Å². The minimum Gasteiger partial charge on any atom is -0.391 e. The number of nitrogens with two attached hydrogens (primary N) is 1. The number of aryl methyl sites for hydroxylation is 1. The number of thiophene rings is 1. The first-order chi connectivity index (χ1) is 8.74. The predicted octanol–water partition coefficient (Wildman–Crippen LogP) is 3.17. The Kier molecular flexibility index (Phi) is 3.07. The van der Waals surface area contributed by atoms with Crippen molar-refractivity contribution in [3.63, 3.8) is 0 Å². The molecule has 4 nitrogen and oxygen atoms in total. The van der Waals surface area contributed by atoms with Crippen molar-refractivity contribution in [2.75, 3.05) is 5.73 Å². The van der Waals surface area contributed by atoms with Crippen LogP contribution in [0, 0.1) is 0 Å². The molecule has 1 aliphatic rings. The SMILES string of the molecule is Cn1nc(C2CCCCC2)nc1-c1ccc(N)s1. The van der Waals surface area contributed by atoms with E-state index in [4.69, 9.17) is 10.7 Å². The van der Waals surface area contributed by atoms with Gasteiger partial charge >= 0.3 is 0 Å². The van der Waals surface area contributed by atoms with Crippen LogP contribution < -0.4 is 5.73 Å². The summed E-state index contributed by atoms with van der Waals surface area (Å²) in [4.78, 5) is 5.83. The van der Waals surface area contributed by atoms with Crippen molar-refractivity contribution in [3.8, 4) is 10.7 Å². The molecule has 0 radical (unpaired) electrons. The standard InChI is InChI=1S/C13H18N4S/c1-17-13(10-7-8-11(14)18-10)15-12(16-17)9-5-3-2-4-6-9/h7-9H,2-6,14H2,1H3. The van der Waals surface area contributed by atoms with E-state index in [1.54, 1.807) is 11.3 Å². The number of hydrogen-bond donors (Lipinski definition) is 1. The zero-order valence-corrected chi connectivity index (χ0v) is 11.4. The van der Waals surface area contributed by atoms with Gasteiger partial charge in [-0.1, -0.05) is 19.3 Å². The van der Waals surface area contributed by atoms with Crippen LogP contribution in [0.2, 0.25) is 0 Å². The van der Waals surface area contributed by atoms with Gasteiger partial charge in [0.15, 0.2) is 11.6 Å². The molecular weight excluding hydrogens is 244 g/mol. The van der Waals surface area contributed by atoms with Crippen LogP contribution in [-0.4, -0.2) is 14.8 Å². The van der Waals surface area contributed by atoms with Crippen LogP contribution in [0.1, 0.15) is 43.8 Å². The Bertz CT molecular complexity index is 537. The van der Waals surface area contributed by atoms with Crippen molar-refractivity contribution in [1.82, 2.24) is 14.8 Å². The van der Waals surface area contributed by atoms with Crippen LogP contribution in [0.25, 0.3) is 10.7 Å². The molecule has 18 heavy (non-hydrogen) atoms. The Labute approximate surface area is 111 Å². The van der Waals surface area contributed by atoms with Crippen molar-refractivity contribution in [3.05, 3.63) is 18.0 Å². The van der Waals surface area contributed by atoms with Crippen LogP contribution in [0.4, 0.5) is 5.00 Å². The minimum atomic E-state index is 0.552. The van der Waals surface area contributed by atoms with Crippen molar-refractivity contribution < 1.29 is 0 Å². The van der Waals surface area contributed by atoms with Gasteiger partial charge in [0.2, 0.25) is 0 Å². The molecule has 2 aromatic heterocycles. The van der Waals surface area contributed by atoms with Gasteiger partial charge in [-0.05, 0) is 25.0 Å². The number of aromatic nitrogens is 3. The first-order valence-corrected chi connectivity index (χ1v) is 7.32. The van der Waals surface area contributed by atoms with E-state index in [1.165, 1.54) is 32.1 Å². The van der Waals surface area contributed by atoms with Crippen molar-refractivity contribution >= 4 is 16.3 Å². The lowest BCUT2D eigenvalue weighted by molar-refractivity contribution is 0.427. The molecule has 3 rings (SSSR count). The molecule has 0 amide bonds. The van der Waals surface area contributed by atoms with Crippen LogP contribution in [0.15, 0.2) is 12.1 Å². The van der Waals surface area contributed by atoms with Crippen LogP contribution in [-0.2, 0) is 7.05 Å². The van der Waals surface area contributed by atoms with E-state index in [-0.39, 0.29) is 0 Å². The fourth-order valence-corrected chi connectivity index (χ4v) is 3.42. The molecule has 0 unspecified atom stereocenters. The van der Waals surface area contributed by atoms with E-state index in [2.05, 4.69) is 5.10 Å². The highest BCUT2D eigenvalue weighted by Gasteiger charge is 2.21. The van der Waals surface area contributed by atoms with Crippen molar-refractivity contribution in [1.29, 1.82) is 0 Å². The molecule has 1 aliphatic carbocycles. The molecule has 5 heteroatoms. The number of nitrogen functional groups attached to an aromatic ring is 1. The van der Waals surface area contributed by atoms with Gasteiger partial charge in [-0.25, -0.2) is 9.67 Å². The summed E-state index contributed by atoms with van der Waals surface area (Å²) in [7, 11) is 1.96. The Morgan fingerprint density at radius 2 is 2.06 bits per heavy atom. The molecule has 0 saturated heterocycles. The zero-order chi connectivity index (χ0) is 12.5. The van der Waals surface area contributed by atoms with E-state index < -0.39 is 0 Å². The largest absolute Gasteiger partial charge is 0.391 e. The first kappa shape index (κ1) is 11.7. The molecule has 0 atom stereocenters. The second kappa shape index (κ2) is 4.72. The molecule has 0 bridgehead atoms. The van der Waals surface area contributed by atoms with Crippen LogP contribution >= 0.6 is 11.3 Å². The summed E-state index contributed by atoms with van der Waals surface area (Å²) in [6, 6.07) is 3.95. The third-order valence-corrected chi connectivity index (χ3v) is 4.51. The number of rotatable bonds is 2. The number of anilines is 1. The average molecular weight is 262 g/mol. The number of hydrogen-bond acceptors (Lipinski definition) is 4. The van der Waals surface area contributed by atoms with Crippen molar-refractivity contribution in [2.24, 2.45) is 7.05 Å². The highest BCUT2D eigenvalue weighted by atomic mass is 32.1. The molecule has 96 valence electrons. The molecular formula is C13H18N4S. The molecule has 2 heterocycles. The third-order valence-electron chi connectivity index (χ3n) is 3.60. The summed E-state index contributed by atoms with van der Waals surface area (Å²) in [6.45, 7) is 0. The van der Waals surface area contributed by atoms with Gasteiger partial charge in [-0.3, -0.25) is 0 Å². The van der Waals surface area contributed by atoms with Gasteiger partial charge in [0.25, 0.3) is 0 Å². The second-order valence-corrected chi connectivity index (χ2v) is 6.07. The predicted molar refractivity (Wildman–Crippen MR) is 74.6 cm³/mol. The van der Waals surface area contributed by atoms with Crippen molar-refractivity contribution in [2.45, 2.75) is 38.0 Å². The van der Waals surface area contributed by atoms with Gasteiger partial charge in [0, 0.05) is 13.0 Å². The summed E-state index contributed by atoms with van der Waals surface area (Å²) in [5.41, 5.74) is 5.78. The van der Waals surface area contributed by atoms with Crippen LogP contribution in [0.3, 0.4) is 0 Å². The maximum absolute atomic E-state index is 5.78. The Morgan fingerprint density at radius 1 is 1.28 bits per heavy atom. The fourth-order valence-electron chi connectivity index (χ4n) is 2.63. The van der Waals surface area contributed by atoms with Gasteiger partial charge < -0.3 is 5.73 Å². The monoisotopic (exact) mass is 262 g/mol. The second-order valence-electron chi connectivity index (χ2n) is 4.95. The summed E-state index contributed by atoms with van der Waals surface area (Å²) in [5, 5.41) is 5.42. The Balaban J connectivity index is 1.90. The van der Waals surface area contributed by atoms with E-state index in [9.17, 15) is 0 Å². The lowest BCUT2D eigenvalue weighted by atomic mass is 9.89. The zero-order valence-electron chi connectivity index (χ0n) is 10.6. The quantitative estimate of drug-likeness (QED) is 0.904. The van der Waals surface area contributed by atoms with E-state index in [1.807, 2.05) is 23.9 Å². The highest BCUT2D eigenvalue weighted by Crippen LogP contribution is 2.33. The first-order valence-electron chi connectivity index (χ1n) is 6.50.